The first-order chi connectivity index (χ1) is 12.3. The summed E-state index contributed by atoms with van der Waals surface area (Å²) in [6, 6.07) is 2.47. The third kappa shape index (κ3) is 3.98. The van der Waals surface area contributed by atoms with E-state index in [-0.39, 0.29) is 42.3 Å². The molecule has 3 N–H and O–H groups in total. The summed E-state index contributed by atoms with van der Waals surface area (Å²) >= 11 is 0. The maximum atomic E-state index is 12.9. The number of sulfonamides is 1. The van der Waals surface area contributed by atoms with E-state index in [1.807, 2.05) is 6.92 Å². The van der Waals surface area contributed by atoms with Gasteiger partial charge in [-0.2, -0.15) is 4.31 Å². The van der Waals surface area contributed by atoms with Gasteiger partial charge in [0.05, 0.1) is 5.54 Å². The van der Waals surface area contributed by atoms with E-state index in [2.05, 4.69) is 5.32 Å². The quantitative estimate of drug-likeness (QED) is 0.699. The molecule has 1 aromatic heterocycles. The third-order valence-electron chi connectivity index (χ3n) is 5.20. The number of halogens is 1. The molecule has 9 nitrogen and oxygen atoms in total. The average Bonchev–Trinajstić information content (AvgIpc) is 3.31. The van der Waals surface area contributed by atoms with Crippen molar-refractivity contribution in [3.63, 3.8) is 0 Å². The molecule has 1 unspecified atom stereocenters. The Morgan fingerprint density at radius 1 is 1.26 bits per heavy atom. The maximum absolute atomic E-state index is 12.9. The van der Waals surface area contributed by atoms with Crippen molar-refractivity contribution in [3.8, 4) is 0 Å². The third-order valence-corrected chi connectivity index (χ3v) is 6.97. The van der Waals surface area contributed by atoms with E-state index in [1.165, 1.54) is 16.4 Å². The second kappa shape index (κ2) is 8.17. The van der Waals surface area contributed by atoms with Gasteiger partial charge >= 0.3 is 0 Å². The summed E-state index contributed by atoms with van der Waals surface area (Å²) in [5.41, 5.74) is 4.58. The molecule has 2 saturated heterocycles. The van der Waals surface area contributed by atoms with E-state index >= 15 is 0 Å². The first kappa shape index (κ1) is 21.7. The molecule has 0 saturated carbocycles. The maximum Gasteiger partial charge on any atom is 0.284 e. The van der Waals surface area contributed by atoms with Crippen molar-refractivity contribution in [2.24, 2.45) is 5.73 Å². The fourth-order valence-corrected chi connectivity index (χ4v) is 4.93. The highest BCUT2D eigenvalue weighted by Crippen LogP contribution is 2.27. The van der Waals surface area contributed by atoms with Gasteiger partial charge in [-0.15, -0.1) is 12.4 Å². The van der Waals surface area contributed by atoms with Crippen LogP contribution in [0.25, 0.3) is 0 Å². The van der Waals surface area contributed by atoms with Crippen molar-refractivity contribution in [2.45, 2.75) is 36.8 Å². The van der Waals surface area contributed by atoms with E-state index < -0.39 is 21.5 Å². The number of hydrogen-bond donors (Lipinski definition) is 2. The summed E-state index contributed by atoms with van der Waals surface area (Å²) in [6.07, 6.45) is 2.49. The van der Waals surface area contributed by atoms with Gasteiger partial charge in [-0.1, -0.05) is 6.92 Å². The molecule has 1 aromatic rings. The summed E-state index contributed by atoms with van der Waals surface area (Å²) in [7, 11) is -3.86. The molecule has 3 heterocycles. The summed E-state index contributed by atoms with van der Waals surface area (Å²) in [5, 5.41) is 3.00. The van der Waals surface area contributed by atoms with Crippen molar-refractivity contribution in [1.29, 1.82) is 0 Å². The summed E-state index contributed by atoms with van der Waals surface area (Å²) in [4.78, 5) is 25.7. The summed E-state index contributed by atoms with van der Waals surface area (Å²) in [5.74, 6) is -0.978. The molecule has 1 atom stereocenters. The predicted molar refractivity (Wildman–Crippen MR) is 100 cm³/mol. The summed E-state index contributed by atoms with van der Waals surface area (Å²) < 4.78 is 31.6. The standard InChI is InChI=1S/C16H24N4O5S.ClH/c1-2-16(6-3-7-18-16)15(22)19-8-10-20(11-9-19)26(23,24)13-5-4-12(25-13)14(17)21;/h4-5,18H,2-3,6-11H2,1H3,(H2,17,21);1H. The highest BCUT2D eigenvalue weighted by atomic mass is 35.5. The highest BCUT2D eigenvalue weighted by molar-refractivity contribution is 7.89. The number of primary amides is 1. The molecular weight excluding hydrogens is 396 g/mol. The molecule has 0 spiro atoms. The van der Waals surface area contributed by atoms with Crippen LogP contribution in [-0.2, 0) is 14.8 Å². The zero-order valence-corrected chi connectivity index (χ0v) is 16.8. The van der Waals surface area contributed by atoms with Gasteiger partial charge in [0.15, 0.2) is 5.76 Å². The van der Waals surface area contributed by atoms with Crippen LogP contribution in [0.4, 0.5) is 0 Å². The monoisotopic (exact) mass is 420 g/mol. The number of amides is 2. The number of carbonyl (C=O) groups excluding carboxylic acids is 2. The van der Waals surface area contributed by atoms with Gasteiger partial charge in [-0.3, -0.25) is 9.59 Å². The summed E-state index contributed by atoms with van der Waals surface area (Å²) in [6.45, 7) is 3.83. The minimum Gasteiger partial charge on any atom is -0.438 e. The van der Waals surface area contributed by atoms with Gasteiger partial charge in [0, 0.05) is 26.2 Å². The molecule has 2 amide bonds. The Kier molecular flexibility index (Phi) is 6.56. The van der Waals surface area contributed by atoms with Crippen molar-refractivity contribution < 1.29 is 22.4 Å². The molecular formula is C16H25ClN4O5S. The molecule has 3 rings (SSSR count). The lowest BCUT2D eigenvalue weighted by molar-refractivity contribution is -0.139. The van der Waals surface area contributed by atoms with Gasteiger partial charge in [0.1, 0.15) is 0 Å². The highest BCUT2D eigenvalue weighted by Gasteiger charge is 2.43. The number of rotatable bonds is 5. The van der Waals surface area contributed by atoms with Crippen LogP contribution in [0.15, 0.2) is 21.6 Å². The van der Waals surface area contributed by atoms with E-state index in [0.29, 0.717) is 19.5 Å². The lowest BCUT2D eigenvalue weighted by Gasteiger charge is -2.38. The fraction of sp³-hybridized carbons (Fsp3) is 0.625. The van der Waals surface area contributed by atoms with Crippen LogP contribution in [0.3, 0.4) is 0 Å². The number of nitrogens with two attached hydrogens (primary N) is 1. The number of hydrogen-bond acceptors (Lipinski definition) is 6. The predicted octanol–water partition coefficient (Wildman–Crippen LogP) is 0.165. The van der Waals surface area contributed by atoms with Crippen LogP contribution >= 0.6 is 12.4 Å². The Labute approximate surface area is 164 Å². The van der Waals surface area contributed by atoms with Crippen LogP contribution < -0.4 is 11.1 Å². The van der Waals surface area contributed by atoms with E-state index in [9.17, 15) is 18.0 Å². The largest absolute Gasteiger partial charge is 0.438 e. The molecule has 2 aliphatic heterocycles. The minimum atomic E-state index is -3.86. The van der Waals surface area contributed by atoms with Crippen molar-refractivity contribution in [1.82, 2.24) is 14.5 Å². The Bertz CT molecular complexity index is 795. The molecule has 152 valence electrons. The lowest BCUT2D eigenvalue weighted by Crippen LogP contribution is -2.59. The Morgan fingerprint density at radius 3 is 2.41 bits per heavy atom. The first-order valence-corrected chi connectivity index (χ1v) is 10.2. The van der Waals surface area contributed by atoms with E-state index in [1.54, 1.807) is 4.90 Å². The molecule has 0 aromatic carbocycles. The van der Waals surface area contributed by atoms with Crippen molar-refractivity contribution in [3.05, 3.63) is 17.9 Å². The molecule has 2 fully saturated rings. The second-order valence-corrected chi connectivity index (χ2v) is 8.51. The average molecular weight is 421 g/mol. The number of furan rings is 1. The number of piperazine rings is 1. The zero-order chi connectivity index (χ0) is 18.9. The van der Waals surface area contributed by atoms with Gasteiger partial charge in [-0.25, -0.2) is 8.42 Å². The lowest BCUT2D eigenvalue weighted by atomic mass is 9.92. The van der Waals surface area contributed by atoms with E-state index in [0.717, 1.165) is 19.4 Å². The smallest absolute Gasteiger partial charge is 0.284 e. The van der Waals surface area contributed by atoms with Gasteiger partial charge in [0.2, 0.25) is 11.0 Å². The Balaban J connectivity index is 0.00000261. The molecule has 27 heavy (non-hydrogen) atoms. The van der Waals surface area contributed by atoms with Gasteiger partial charge < -0.3 is 20.4 Å². The molecule has 2 aliphatic rings. The molecule has 0 bridgehead atoms. The van der Waals surface area contributed by atoms with Gasteiger partial charge in [-0.05, 0) is 37.9 Å². The molecule has 11 heteroatoms. The Morgan fingerprint density at radius 2 is 1.93 bits per heavy atom. The molecule has 0 radical (unpaired) electrons. The van der Waals surface area contributed by atoms with Crippen LogP contribution in [0, 0.1) is 0 Å². The van der Waals surface area contributed by atoms with Crippen LogP contribution in [-0.4, -0.2) is 67.7 Å². The van der Waals surface area contributed by atoms with Crippen LogP contribution in [0.2, 0.25) is 0 Å². The number of carbonyl (C=O) groups is 2. The fourth-order valence-electron chi connectivity index (χ4n) is 3.59. The molecule has 0 aliphatic carbocycles. The topological polar surface area (TPSA) is 126 Å². The van der Waals surface area contributed by atoms with Gasteiger partial charge in [0.25, 0.3) is 15.9 Å². The minimum absolute atomic E-state index is 0. The second-order valence-electron chi connectivity index (χ2n) is 6.65. The van der Waals surface area contributed by atoms with E-state index in [4.69, 9.17) is 10.2 Å². The number of nitrogens with one attached hydrogen (secondary N) is 1. The van der Waals surface area contributed by atoms with Crippen molar-refractivity contribution >= 4 is 34.2 Å². The van der Waals surface area contributed by atoms with Crippen LogP contribution in [0.5, 0.6) is 0 Å². The SMILES string of the molecule is CCC1(C(=O)N2CCN(S(=O)(=O)c3ccc(C(N)=O)o3)CC2)CCCN1.Cl. The normalized spacial score (nSPS) is 23.8. The first-order valence-electron chi connectivity index (χ1n) is 8.74. The van der Waals surface area contributed by atoms with Crippen LogP contribution in [0.1, 0.15) is 36.7 Å². The Hall–Kier alpha value is -1.62. The number of nitrogens with zero attached hydrogens (tertiary/aromatic N) is 2. The zero-order valence-electron chi connectivity index (χ0n) is 15.1. The van der Waals surface area contributed by atoms with Crippen molar-refractivity contribution in [2.75, 3.05) is 32.7 Å².